The standard InChI is InChI=1S/C7H8N2O3/c1-12-7-4-2-6(3-5-7)8-9(10)11/h2-5,8H,1H3. The van der Waals surface area contributed by atoms with Crippen LogP contribution in [0.2, 0.25) is 0 Å². The molecular weight excluding hydrogens is 160 g/mol. The second kappa shape index (κ2) is 3.56. The van der Waals surface area contributed by atoms with Crippen LogP contribution in [0.4, 0.5) is 5.69 Å². The summed E-state index contributed by atoms with van der Waals surface area (Å²) in [5.74, 6) is 0.670. The fourth-order valence-electron chi connectivity index (χ4n) is 0.771. The van der Waals surface area contributed by atoms with Crippen molar-refractivity contribution in [2.75, 3.05) is 12.5 Å². The number of hydrogen-bond acceptors (Lipinski definition) is 3. The van der Waals surface area contributed by atoms with Crippen LogP contribution in [-0.4, -0.2) is 12.1 Å². The van der Waals surface area contributed by atoms with Crippen LogP contribution in [0.3, 0.4) is 0 Å². The van der Waals surface area contributed by atoms with E-state index >= 15 is 0 Å². The summed E-state index contributed by atoms with van der Waals surface area (Å²) < 4.78 is 4.88. The smallest absolute Gasteiger partial charge is 0.162 e. The van der Waals surface area contributed by atoms with E-state index in [-0.39, 0.29) is 0 Å². The molecule has 1 rings (SSSR count). The number of methoxy groups -OCH3 is 1. The number of benzene rings is 1. The summed E-state index contributed by atoms with van der Waals surface area (Å²) in [6, 6.07) is 6.43. The van der Waals surface area contributed by atoms with Gasteiger partial charge in [-0.3, -0.25) is 0 Å². The quantitative estimate of drug-likeness (QED) is 0.545. The zero-order valence-corrected chi connectivity index (χ0v) is 6.48. The molecule has 0 radical (unpaired) electrons. The van der Waals surface area contributed by atoms with E-state index in [1.165, 1.54) is 7.11 Å². The van der Waals surface area contributed by atoms with Crippen LogP contribution in [0.15, 0.2) is 24.3 Å². The second-order valence-corrected chi connectivity index (χ2v) is 2.10. The van der Waals surface area contributed by atoms with Gasteiger partial charge in [-0.05, 0) is 24.3 Å². The van der Waals surface area contributed by atoms with Crippen LogP contribution >= 0.6 is 0 Å². The van der Waals surface area contributed by atoms with Crippen molar-refractivity contribution in [3.8, 4) is 5.75 Å². The SMILES string of the molecule is COc1ccc(N[N+](=O)[O-])cc1. The molecule has 0 atom stereocenters. The lowest BCUT2D eigenvalue weighted by atomic mass is 10.3. The number of hydrazine groups is 1. The zero-order valence-electron chi connectivity index (χ0n) is 6.48. The van der Waals surface area contributed by atoms with E-state index in [0.29, 0.717) is 11.4 Å². The average molecular weight is 168 g/mol. The van der Waals surface area contributed by atoms with Gasteiger partial charge in [0.1, 0.15) is 11.4 Å². The number of hydrogen-bond donors (Lipinski definition) is 1. The molecule has 1 N–H and O–H groups in total. The topological polar surface area (TPSA) is 64.4 Å². The van der Waals surface area contributed by atoms with Gasteiger partial charge < -0.3 is 4.74 Å². The maximum atomic E-state index is 9.99. The monoisotopic (exact) mass is 168 g/mol. The molecular formula is C7H8N2O3. The van der Waals surface area contributed by atoms with E-state index in [1.54, 1.807) is 24.3 Å². The van der Waals surface area contributed by atoms with Crippen molar-refractivity contribution in [3.63, 3.8) is 0 Å². The summed E-state index contributed by atoms with van der Waals surface area (Å²) >= 11 is 0. The Balaban J connectivity index is 2.71. The first kappa shape index (κ1) is 8.32. The maximum absolute atomic E-state index is 9.99. The summed E-state index contributed by atoms with van der Waals surface area (Å²) in [6.45, 7) is 0. The molecule has 5 heteroatoms. The highest BCUT2D eigenvalue weighted by Gasteiger charge is 1.97. The van der Waals surface area contributed by atoms with Crippen molar-refractivity contribution in [2.24, 2.45) is 0 Å². The van der Waals surface area contributed by atoms with Crippen LogP contribution in [0.1, 0.15) is 0 Å². The van der Waals surface area contributed by atoms with Gasteiger partial charge >= 0.3 is 0 Å². The molecule has 1 aromatic rings. The largest absolute Gasteiger partial charge is 0.497 e. The van der Waals surface area contributed by atoms with Crippen molar-refractivity contribution >= 4 is 5.69 Å². The number of nitro groups is 1. The van der Waals surface area contributed by atoms with Gasteiger partial charge in [0, 0.05) is 0 Å². The molecule has 0 aliphatic heterocycles. The van der Waals surface area contributed by atoms with Crippen molar-refractivity contribution in [3.05, 3.63) is 34.4 Å². The fraction of sp³-hybridized carbons (Fsp3) is 0.143. The molecule has 0 saturated carbocycles. The van der Waals surface area contributed by atoms with Gasteiger partial charge in [0.2, 0.25) is 0 Å². The van der Waals surface area contributed by atoms with E-state index < -0.39 is 5.03 Å². The molecule has 0 aliphatic carbocycles. The van der Waals surface area contributed by atoms with Crippen LogP contribution in [0.5, 0.6) is 5.75 Å². The van der Waals surface area contributed by atoms with Crippen LogP contribution in [-0.2, 0) is 0 Å². The van der Waals surface area contributed by atoms with Gasteiger partial charge in [-0.2, -0.15) is 0 Å². The molecule has 0 spiro atoms. The Morgan fingerprint density at radius 1 is 1.42 bits per heavy atom. The second-order valence-electron chi connectivity index (χ2n) is 2.10. The minimum Gasteiger partial charge on any atom is -0.497 e. The number of nitrogens with zero attached hydrogens (tertiary/aromatic N) is 1. The maximum Gasteiger partial charge on any atom is 0.162 e. The van der Waals surface area contributed by atoms with E-state index in [2.05, 4.69) is 0 Å². The summed E-state index contributed by atoms with van der Waals surface area (Å²) in [6.07, 6.45) is 0. The minimum absolute atomic E-state index is 0.431. The molecule has 5 nitrogen and oxygen atoms in total. The van der Waals surface area contributed by atoms with Gasteiger partial charge in [0.15, 0.2) is 5.03 Å². The van der Waals surface area contributed by atoms with Gasteiger partial charge in [-0.25, -0.2) is 10.1 Å². The molecule has 0 aromatic heterocycles. The van der Waals surface area contributed by atoms with Gasteiger partial charge in [0.25, 0.3) is 0 Å². The Morgan fingerprint density at radius 3 is 2.42 bits per heavy atom. The number of anilines is 1. The Morgan fingerprint density at radius 2 is 2.00 bits per heavy atom. The van der Waals surface area contributed by atoms with Crippen molar-refractivity contribution in [2.45, 2.75) is 0 Å². The minimum atomic E-state index is -0.609. The first-order valence-corrected chi connectivity index (χ1v) is 3.27. The molecule has 0 saturated heterocycles. The third kappa shape index (κ3) is 2.12. The highest BCUT2D eigenvalue weighted by Crippen LogP contribution is 2.14. The molecule has 64 valence electrons. The first-order chi connectivity index (χ1) is 5.72. The number of nitrogens with one attached hydrogen (secondary N) is 1. The molecule has 0 unspecified atom stereocenters. The Bertz CT molecular complexity index is 270. The molecule has 0 heterocycles. The molecule has 0 bridgehead atoms. The van der Waals surface area contributed by atoms with Gasteiger partial charge in [-0.15, -0.1) is 5.43 Å². The van der Waals surface area contributed by atoms with Crippen molar-refractivity contribution in [1.82, 2.24) is 0 Å². The predicted molar refractivity (Wildman–Crippen MR) is 43.6 cm³/mol. The van der Waals surface area contributed by atoms with Crippen molar-refractivity contribution in [1.29, 1.82) is 0 Å². The van der Waals surface area contributed by atoms with Gasteiger partial charge in [-0.1, -0.05) is 0 Å². The average Bonchev–Trinajstić information content (AvgIpc) is 2.05. The van der Waals surface area contributed by atoms with E-state index in [1.807, 2.05) is 5.43 Å². The summed E-state index contributed by atoms with van der Waals surface area (Å²) in [5.41, 5.74) is 2.45. The number of ether oxygens (including phenoxy) is 1. The lowest BCUT2D eigenvalue weighted by Crippen LogP contribution is -2.07. The van der Waals surface area contributed by atoms with Crippen molar-refractivity contribution < 1.29 is 9.77 Å². The lowest BCUT2D eigenvalue weighted by Gasteiger charge is -1.99. The lowest BCUT2D eigenvalue weighted by molar-refractivity contribution is -0.445. The normalized spacial score (nSPS) is 9.08. The molecule has 1 aromatic carbocycles. The predicted octanol–water partition coefficient (Wildman–Crippen LogP) is 1.30. The Kier molecular flexibility index (Phi) is 2.47. The van der Waals surface area contributed by atoms with E-state index in [0.717, 1.165) is 0 Å². The Labute approximate surface area is 69.1 Å². The van der Waals surface area contributed by atoms with E-state index in [4.69, 9.17) is 4.74 Å². The third-order valence-electron chi connectivity index (χ3n) is 1.31. The summed E-state index contributed by atoms with van der Waals surface area (Å²) in [7, 11) is 1.54. The van der Waals surface area contributed by atoms with Crippen LogP contribution < -0.4 is 10.2 Å². The third-order valence-corrected chi connectivity index (χ3v) is 1.31. The highest BCUT2D eigenvalue weighted by molar-refractivity contribution is 5.44. The summed E-state index contributed by atoms with van der Waals surface area (Å²) in [4.78, 5) is 9.99. The first-order valence-electron chi connectivity index (χ1n) is 3.27. The molecule has 12 heavy (non-hydrogen) atoms. The van der Waals surface area contributed by atoms with E-state index in [9.17, 15) is 10.1 Å². The number of rotatable bonds is 3. The highest BCUT2D eigenvalue weighted by atomic mass is 16.7. The Hall–Kier alpha value is -1.78. The molecule has 0 fully saturated rings. The fourth-order valence-corrected chi connectivity index (χ4v) is 0.771. The molecule has 0 aliphatic rings. The van der Waals surface area contributed by atoms with Gasteiger partial charge in [0.05, 0.1) is 7.11 Å². The van der Waals surface area contributed by atoms with Crippen LogP contribution in [0, 0.1) is 10.1 Å². The summed E-state index contributed by atoms with van der Waals surface area (Å²) in [5, 5.41) is 9.38. The molecule has 0 amide bonds. The van der Waals surface area contributed by atoms with Crippen LogP contribution in [0.25, 0.3) is 0 Å². The zero-order chi connectivity index (χ0) is 8.97.